The van der Waals surface area contributed by atoms with Crippen molar-refractivity contribution >= 4 is 30.4 Å². The second-order valence-electron chi connectivity index (χ2n) is 7.16. The van der Waals surface area contributed by atoms with Crippen molar-refractivity contribution in [2.45, 2.75) is 0 Å². The molecule has 5 aromatic carbocycles. The van der Waals surface area contributed by atoms with Gasteiger partial charge >= 0.3 is 0 Å². The van der Waals surface area contributed by atoms with E-state index < -0.39 is 0 Å². The van der Waals surface area contributed by atoms with Crippen LogP contribution in [0.2, 0.25) is 0 Å². The van der Waals surface area contributed by atoms with E-state index in [-0.39, 0.29) is 34.1 Å². The molecule has 0 nitrogen and oxygen atoms in total. The monoisotopic (exact) mass is 524 g/mol. The molecule has 0 aliphatic rings. The quantitative estimate of drug-likeness (QED) is 0.159. The molecule has 0 N–H and O–H groups in total. The van der Waals surface area contributed by atoms with Crippen LogP contribution < -0.4 is 0 Å². The molecule has 5 aromatic rings. The summed E-state index contributed by atoms with van der Waals surface area (Å²) in [6.45, 7) is 3.89. The van der Waals surface area contributed by atoms with Crippen LogP contribution in [0, 0.1) is 0 Å². The van der Waals surface area contributed by atoms with Gasteiger partial charge in [-0.2, -0.15) is 54.1 Å². The molecular formula is C32H28Fe2-8. The van der Waals surface area contributed by atoms with Gasteiger partial charge in [-0.25, -0.2) is 24.3 Å². The summed E-state index contributed by atoms with van der Waals surface area (Å²) in [6, 6.07) is 43.1. The first kappa shape index (κ1) is 28.9. The smallest absolute Gasteiger partial charge is 0 e. The van der Waals surface area contributed by atoms with Gasteiger partial charge in [0.05, 0.1) is 0 Å². The van der Waals surface area contributed by atoms with Crippen LogP contribution in [0.1, 0.15) is 27.8 Å². The molecule has 0 heterocycles. The van der Waals surface area contributed by atoms with E-state index in [0.29, 0.717) is 0 Å². The maximum Gasteiger partial charge on any atom is 0 e. The van der Waals surface area contributed by atoms with E-state index in [9.17, 15) is 0 Å². The van der Waals surface area contributed by atoms with Crippen molar-refractivity contribution < 1.29 is 34.1 Å². The van der Waals surface area contributed by atoms with Gasteiger partial charge in [0.1, 0.15) is 0 Å². The first-order chi connectivity index (χ1) is 15.8. The van der Waals surface area contributed by atoms with Gasteiger partial charge in [-0.3, -0.25) is 0 Å². The molecule has 0 aromatic heterocycles. The summed E-state index contributed by atoms with van der Waals surface area (Å²) in [4.78, 5) is 0. The predicted octanol–water partition coefficient (Wildman–Crippen LogP) is 8.91. The van der Waals surface area contributed by atoms with E-state index in [1.165, 1.54) is 22.3 Å². The summed E-state index contributed by atoms with van der Waals surface area (Å²) in [5.41, 5.74) is 5.93. The van der Waals surface area contributed by atoms with Crippen LogP contribution >= 0.6 is 0 Å². The van der Waals surface area contributed by atoms with Gasteiger partial charge in [0, 0.05) is 34.1 Å². The van der Waals surface area contributed by atoms with Crippen LogP contribution in [0.25, 0.3) is 30.4 Å². The van der Waals surface area contributed by atoms with Crippen molar-refractivity contribution in [3.8, 4) is 0 Å². The fourth-order valence-corrected chi connectivity index (χ4v) is 3.04. The van der Waals surface area contributed by atoms with Crippen molar-refractivity contribution in [3.05, 3.63) is 162 Å². The normalized spacial score (nSPS) is 9.76. The number of hydrogen-bond acceptors (Lipinski definition) is 0. The minimum atomic E-state index is 0. The van der Waals surface area contributed by atoms with E-state index in [2.05, 4.69) is 73.3 Å². The Balaban J connectivity index is 0.000000399. The fraction of sp³-hybridized carbons (Fsp3) is 0. The van der Waals surface area contributed by atoms with E-state index in [1.54, 1.807) is 0 Å². The molecule has 5 rings (SSSR count). The molecule has 0 aliphatic heterocycles. The van der Waals surface area contributed by atoms with Crippen LogP contribution in [0.4, 0.5) is 0 Å². The molecule has 0 saturated carbocycles. The number of hydrogen-bond donors (Lipinski definition) is 0. The molecule has 0 amide bonds. The van der Waals surface area contributed by atoms with Crippen molar-refractivity contribution in [2.75, 3.05) is 0 Å². The van der Waals surface area contributed by atoms with Gasteiger partial charge in [0.15, 0.2) is 0 Å². The van der Waals surface area contributed by atoms with Gasteiger partial charge in [-0.05, 0) is 5.56 Å². The van der Waals surface area contributed by atoms with Crippen LogP contribution in [-0.4, -0.2) is 0 Å². The van der Waals surface area contributed by atoms with Gasteiger partial charge in [-0.15, -0.1) is 29.8 Å². The Bertz CT molecular complexity index is 1030. The Hall–Kier alpha value is -3.12. The molecule has 0 aliphatic carbocycles. The summed E-state index contributed by atoms with van der Waals surface area (Å²) in [7, 11) is 0. The minimum Gasteiger partial charge on any atom is -0.686 e. The molecule has 0 radical (unpaired) electrons. The van der Waals surface area contributed by atoms with Crippen LogP contribution in [0.15, 0.2) is 134 Å². The Labute approximate surface area is 225 Å². The Morgan fingerprint density at radius 3 is 1.53 bits per heavy atom. The third-order valence-electron chi connectivity index (χ3n) is 4.66. The standard InChI is InChI=1S/C22H18.2C5H5.2Fe/c1-2-18-15-21(13-11-19-7-3-4-8-19)17-22(16-18)14-12-20-9-5-6-10-20;2*1-2-4-5-3-1;;/h2-17H,1H2;2*1-5H;;/q-6;2*-1;;. The van der Waals surface area contributed by atoms with Crippen LogP contribution in [-0.2, 0) is 34.1 Å². The summed E-state index contributed by atoms with van der Waals surface area (Å²) in [5.74, 6) is 0. The van der Waals surface area contributed by atoms with Crippen LogP contribution in [0.5, 0.6) is 0 Å². The van der Waals surface area contributed by atoms with Crippen molar-refractivity contribution in [1.29, 1.82) is 0 Å². The second-order valence-corrected chi connectivity index (χ2v) is 7.16. The van der Waals surface area contributed by atoms with Crippen LogP contribution in [0.3, 0.4) is 0 Å². The SMILES string of the molecule is C=Cc1cc(C=C[c-]2cccc2)cc(C=C[c-]2[cH-][cH-][cH-][cH-]2)c1.[Fe].[Fe].c1cc[cH-]c1.c1cc[cH-]c1. The summed E-state index contributed by atoms with van der Waals surface area (Å²) in [5, 5.41) is 0. The summed E-state index contributed by atoms with van der Waals surface area (Å²) < 4.78 is 0. The van der Waals surface area contributed by atoms with Crippen molar-refractivity contribution in [1.82, 2.24) is 0 Å². The van der Waals surface area contributed by atoms with Gasteiger partial charge < -0.3 is 42.0 Å². The maximum atomic E-state index is 3.89. The fourth-order valence-electron chi connectivity index (χ4n) is 3.04. The largest absolute Gasteiger partial charge is 0.686 e. The second kappa shape index (κ2) is 17.4. The molecule has 0 bridgehead atoms. The van der Waals surface area contributed by atoms with Gasteiger partial charge in [0.2, 0.25) is 0 Å². The van der Waals surface area contributed by atoms with Crippen molar-refractivity contribution in [3.63, 3.8) is 0 Å². The molecule has 34 heavy (non-hydrogen) atoms. The average Bonchev–Trinajstić information content (AvgIpc) is 3.65. The van der Waals surface area contributed by atoms with Gasteiger partial charge in [-0.1, -0.05) is 36.4 Å². The third kappa shape index (κ3) is 11.1. The first-order valence-electron chi connectivity index (χ1n) is 10.7. The summed E-state index contributed by atoms with van der Waals surface area (Å²) >= 11 is 0. The Morgan fingerprint density at radius 2 is 1.09 bits per heavy atom. The minimum absolute atomic E-state index is 0. The Kier molecular flexibility index (Phi) is 14.8. The first-order valence-corrected chi connectivity index (χ1v) is 10.7. The molecular weight excluding hydrogens is 496 g/mol. The molecule has 180 valence electrons. The summed E-state index contributed by atoms with van der Waals surface area (Å²) in [6.07, 6.45) is 10.4. The molecule has 0 spiro atoms. The molecule has 0 fully saturated rings. The number of rotatable bonds is 5. The molecule has 0 unspecified atom stereocenters. The zero-order chi connectivity index (χ0) is 22.3. The van der Waals surface area contributed by atoms with E-state index >= 15 is 0 Å². The zero-order valence-electron chi connectivity index (χ0n) is 18.9. The zero-order valence-corrected chi connectivity index (χ0v) is 21.1. The third-order valence-corrected chi connectivity index (χ3v) is 4.66. The molecule has 0 atom stereocenters. The average molecular weight is 524 g/mol. The van der Waals surface area contributed by atoms with Gasteiger partial charge in [0.25, 0.3) is 0 Å². The maximum absolute atomic E-state index is 3.89. The topological polar surface area (TPSA) is 0 Å². The van der Waals surface area contributed by atoms with E-state index in [4.69, 9.17) is 0 Å². The van der Waals surface area contributed by atoms with E-state index in [0.717, 1.165) is 5.56 Å². The molecule has 0 saturated heterocycles. The van der Waals surface area contributed by atoms with Crippen molar-refractivity contribution in [2.24, 2.45) is 0 Å². The predicted molar refractivity (Wildman–Crippen MR) is 143 cm³/mol. The number of benzene rings is 1. The Morgan fingerprint density at radius 1 is 0.618 bits per heavy atom. The molecule has 2 heteroatoms. The van der Waals surface area contributed by atoms with E-state index in [1.807, 2.05) is 91.0 Å².